The Kier molecular flexibility index (Phi) is 39.5. The lowest BCUT2D eigenvalue weighted by molar-refractivity contribution is 0.528. The molecule has 0 atom stereocenters. The van der Waals surface area contributed by atoms with Crippen LogP contribution in [0, 0.1) is 0 Å². The Morgan fingerprint density at radius 3 is 1.02 bits per heavy atom. The van der Waals surface area contributed by atoms with E-state index in [1.54, 1.807) is 0 Å². The highest BCUT2D eigenvalue weighted by atomic mass is 15.1. The Labute approximate surface area is 303 Å². The Morgan fingerprint density at radius 2 is 0.729 bits per heavy atom. The largest absolute Gasteiger partial charge is 0.375 e. The molecular weight excluding hydrogens is 583 g/mol. The van der Waals surface area contributed by atoms with Gasteiger partial charge in [0.1, 0.15) is 0 Å². The van der Waals surface area contributed by atoms with Gasteiger partial charge >= 0.3 is 0 Å². The van der Waals surface area contributed by atoms with Gasteiger partial charge in [0.05, 0.1) is 0 Å². The number of unbranched alkanes of at least 4 members (excludes halogenated alkanes) is 30. The van der Waals surface area contributed by atoms with Crippen LogP contribution in [0.15, 0.2) is 24.3 Å². The van der Waals surface area contributed by atoms with E-state index in [1.165, 1.54) is 223 Å². The van der Waals surface area contributed by atoms with Crippen molar-refractivity contribution in [2.45, 2.75) is 226 Å². The summed E-state index contributed by atoms with van der Waals surface area (Å²) in [4.78, 5) is 2.37. The molecule has 3 N–H and O–H groups in total. The first kappa shape index (κ1) is 46.9. The van der Waals surface area contributed by atoms with E-state index in [2.05, 4.69) is 55.4 Å². The molecule has 0 radical (unpaired) electrons. The van der Waals surface area contributed by atoms with Crippen LogP contribution in [0.1, 0.15) is 225 Å². The van der Waals surface area contributed by atoms with Gasteiger partial charge in [0, 0.05) is 25.8 Å². The van der Waals surface area contributed by atoms with Crippen molar-refractivity contribution in [3.63, 3.8) is 0 Å². The van der Waals surface area contributed by atoms with Crippen molar-refractivity contribution in [2.24, 2.45) is 5.73 Å². The second kappa shape index (κ2) is 40.4. The second-order valence-electron chi connectivity index (χ2n) is 15.0. The lowest BCUT2D eigenvalue weighted by Gasteiger charge is -2.19. The molecule has 0 fully saturated rings. The molecule has 0 heterocycles. The molecular formula is C45H89N3. The average molecular weight is 672 g/mol. The van der Waals surface area contributed by atoms with Crippen molar-refractivity contribution in [2.75, 3.05) is 32.1 Å². The van der Waals surface area contributed by atoms with Gasteiger partial charge in [-0.1, -0.05) is 219 Å². The van der Waals surface area contributed by atoms with Crippen LogP contribution in [0.4, 0.5) is 5.69 Å². The van der Waals surface area contributed by atoms with Gasteiger partial charge in [0.25, 0.3) is 0 Å². The third-order valence-corrected chi connectivity index (χ3v) is 10.2. The zero-order chi connectivity index (χ0) is 35.0. The Hall–Kier alpha value is -1.06. The molecule has 0 unspecified atom stereocenters. The molecule has 3 nitrogen and oxygen atoms in total. The van der Waals surface area contributed by atoms with E-state index in [9.17, 15) is 0 Å². The standard InChI is InChI=1S/C26H48N2.C19H41N/c1-3-4-5-6-7-8-9-10-11-12-13-14-15-16-17-18-23-28(2)26-21-19-25(24-27)20-22-26;1-3-4-5-6-7-8-9-10-11-12-13-14-15-16-17-18-19-20-2/h19-22H,3-18,23-24,27H2,1-2H3;20H,3-19H2,1-2H3. The molecule has 0 aliphatic rings. The number of nitrogens with zero attached hydrogens (tertiary/aromatic N) is 1. The topological polar surface area (TPSA) is 41.3 Å². The van der Waals surface area contributed by atoms with Gasteiger partial charge in [-0.05, 0) is 44.1 Å². The number of benzene rings is 1. The highest BCUT2D eigenvalue weighted by Gasteiger charge is 2.01. The molecule has 0 aliphatic carbocycles. The van der Waals surface area contributed by atoms with Gasteiger partial charge in [-0.25, -0.2) is 0 Å². The van der Waals surface area contributed by atoms with Crippen molar-refractivity contribution < 1.29 is 0 Å². The molecule has 1 aromatic carbocycles. The summed E-state index contributed by atoms with van der Waals surface area (Å²) in [7, 11) is 4.24. The van der Waals surface area contributed by atoms with E-state index in [-0.39, 0.29) is 0 Å². The number of anilines is 1. The Morgan fingerprint density at radius 1 is 0.438 bits per heavy atom. The summed E-state index contributed by atoms with van der Waals surface area (Å²) in [6.07, 6.45) is 46.1. The molecule has 0 saturated carbocycles. The van der Waals surface area contributed by atoms with Crippen LogP contribution in [-0.4, -0.2) is 27.2 Å². The van der Waals surface area contributed by atoms with Crippen LogP contribution in [0.2, 0.25) is 0 Å². The predicted octanol–water partition coefficient (Wildman–Crippen LogP) is 14.3. The summed E-state index contributed by atoms with van der Waals surface area (Å²) in [6, 6.07) is 8.65. The van der Waals surface area contributed by atoms with Crippen LogP contribution < -0.4 is 16.0 Å². The molecule has 0 bridgehead atoms. The van der Waals surface area contributed by atoms with Gasteiger partial charge < -0.3 is 16.0 Å². The minimum absolute atomic E-state index is 0.628. The molecule has 0 aromatic heterocycles. The third kappa shape index (κ3) is 34.8. The lowest BCUT2D eigenvalue weighted by atomic mass is 10.0. The molecule has 0 amide bonds. The van der Waals surface area contributed by atoms with Crippen molar-refractivity contribution in [1.82, 2.24) is 5.32 Å². The van der Waals surface area contributed by atoms with E-state index in [0.29, 0.717) is 6.54 Å². The molecule has 1 rings (SSSR count). The minimum Gasteiger partial charge on any atom is -0.375 e. The first-order valence-corrected chi connectivity index (χ1v) is 21.8. The highest BCUT2D eigenvalue weighted by molar-refractivity contribution is 5.46. The van der Waals surface area contributed by atoms with Crippen LogP contribution in [-0.2, 0) is 6.54 Å². The lowest BCUT2D eigenvalue weighted by Crippen LogP contribution is -2.18. The zero-order valence-corrected chi connectivity index (χ0v) is 33.6. The first-order valence-electron chi connectivity index (χ1n) is 21.8. The monoisotopic (exact) mass is 672 g/mol. The van der Waals surface area contributed by atoms with Gasteiger partial charge in [0.2, 0.25) is 0 Å². The fourth-order valence-electron chi connectivity index (χ4n) is 6.76. The summed E-state index contributed by atoms with van der Waals surface area (Å²) in [6.45, 7) is 7.56. The summed E-state index contributed by atoms with van der Waals surface area (Å²) >= 11 is 0. The molecule has 48 heavy (non-hydrogen) atoms. The highest BCUT2D eigenvalue weighted by Crippen LogP contribution is 2.17. The second-order valence-corrected chi connectivity index (χ2v) is 15.0. The summed E-state index contributed by atoms with van der Waals surface area (Å²) in [5.41, 5.74) is 8.18. The van der Waals surface area contributed by atoms with Crippen LogP contribution in [0.3, 0.4) is 0 Å². The summed E-state index contributed by atoms with van der Waals surface area (Å²) < 4.78 is 0. The van der Waals surface area contributed by atoms with E-state index < -0.39 is 0 Å². The zero-order valence-electron chi connectivity index (χ0n) is 33.6. The van der Waals surface area contributed by atoms with Gasteiger partial charge in [-0.2, -0.15) is 0 Å². The van der Waals surface area contributed by atoms with E-state index in [1.807, 2.05) is 7.05 Å². The number of nitrogens with two attached hydrogens (primary N) is 1. The maximum atomic E-state index is 5.67. The average Bonchev–Trinajstić information content (AvgIpc) is 3.11. The van der Waals surface area contributed by atoms with E-state index >= 15 is 0 Å². The molecule has 284 valence electrons. The van der Waals surface area contributed by atoms with Crippen LogP contribution >= 0.6 is 0 Å². The van der Waals surface area contributed by atoms with E-state index in [0.717, 1.165) is 6.54 Å². The third-order valence-electron chi connectivity index (χ3n) is 10.2. The number of hydrogen-bond acceptors (Lipinski definition) is 3. The van der Waals surface area contributed by atoms with Gasteiger partial charge in [0.15, 0.2) is 0 Å². The molecule has 0 aliphatic heterocycles. The SMILES string of the molecule is CCCCCCCCCCCCCCCCCCN(C)c1ccc(CN)cc1.CCCCCCCCCCCCCCCCCCNC. The van der Waals surface area contributed by atoms with Crippen molar-refractivity contribution in [1.29, 1.82) is 0 Å². The molecule has 1 aromatic rings. The normalized spacial score (nSPS) is 11.1. The quantitative estimate of drug-likeness (QED) is 0.0698. The Balaban J connectivity index is 0.000000977. The maximum Gasteiger partial charge on any atom is 0.0363 e. The maximum absolute atomic E-state index is 5.67. The number of rotatable bonds is 36. The number of nitrogens with one attached hydrogen (secondary N) is 1. The first-order chi connectivity index (χ1) is 23.7. The van der Waals surface area contributed by atoms with Crippen LogP contribution in [0.5, 0.6) is 0 Å². The predicted molar refractivity (Wildman–Crippen MR) is 221 cm³/mol. The van der Waals surface area contributed by atoms with Crippen molar-refractivity contribution in [3.05, 3.63) is 29.8 Å². The minimum atomic E-state index is 0.628. The fourth-order valence-corrected chi connectivity index (χ4v) is 6.76. The van der Waals surface area contributed by atoms with Crippen molar-refractivity contribution in [3.8, 4) is 0 Å². The molecule has 0 spiro atoms. The van der Waals surface area contributed by atoms with E-state index in [4.69, 9.17) is 5.73 Å². The van der Waals surface area contributed by atoms with Gasteiger partial charge in [-0.3, -0.25) is 0 Å². The van der Waals surface area contributed by atoms with Gasteiger partial charge in [-0.15, -0.1) is 0 Å². The summed E-state index contributed by atoms with van der Waals surface area (Å²) in [5.74, 6) is 0. The van der Waals surface area contributed by atoms with Crippen LogP contribution in [0.25, 0.3) is 0 Å². The fraction of sp³-hybridized carbons (Fsp3) is 0.867. The number of hydrogen-bond donors (Lipinski definition) is 2. The molecule has 0 saturated heterocycles. The smallest absolute Gasteiger partial charge is 0.0363 e. The Bertz CT molecular complexity index is 685. The molecule has 3 heteroatoms. The summed E-state index contributed by atoms with van der Waals surface area (Å²) in [5, 5.41) is 3.22. The van der Waals surface area contributed by atoms with Crippen molar-refractivity contribution >= 4 is 5.69 Å².